The first kappa shape index (κ1) is 28.0. The van der Waals surface area contributed by atoms with Gasteiger partial charge in [-0.1, -0.05) is 13.8 Å². The van der Waals surface area contributed by atoms with Gasteiger partial charge in [0.1, 0.15) is 6.61 Å². The maximum atomic E-state index is 12.1. The van der Waals surface area contributed by atoms with Gasteiger partial charge in [0.15, 0.2) is 6.10 Å². The predicted molar refractivity (Wildman–Crippen MR) is 108 cm³/mol. The first-order valence-electron chi connectivity index (χ1n) is 9.30. The lowest BCUT2D eigenvalue weighted by atomic mass is 9.88. The Balaban J connectivity index is 0.00000784. The van der Waals surface area contributed by atoms with Crippen LogP contribution in [0.4, 0.5) is 0 Å². The van der Waals surface area contributed by atoms with Gasteiger partial charge in [0, 0.05) is 38.5 Å². The van der Waals surface area contributed by atoms with Crippen LogP contribution in [0.15, 0.2) is 0 Å². The second kappa shape index (κ2) is 13.3. The van der Waals surface area contributed by atoms with Gasteiger partial charge in [0.2, 0.25) is 5.91 Å². The largest absolute Gasteiger partial charge is 0.462 e. The van der Waals surface area contributed by atoms with E-state index in [2.05, 4.69) is 10.2 Å². The molecule has 1 heterocycles. The third-order valence-electron chi connectivity index (χ3n) is 4.27. The van der Waals surface area contributed by atoms with E-state index >= 15 is 0 Å². The molecule has 1 fully saturated rings. The highest BCUT2D eigenvalue weighted by atomic mass is 35.5. The number of nitrogens with zero attached hydrogens (tertiary/aromatic N) is 1. The molecule has 1 amide bonds. The Morgan fingerprint density at radius 1 is 1.28 bits per heavy atom. The zero-order chi connectivity index (χ0) is 21.2. The van der Waals surface area contributed by atoms with E-state index in [1.165, 1.54) is 20.8 Å². The second-order valence-electron chi connectivity index (χ2n) is 7.37. The van der Waals surface area contributed by atoms with Crippen molar-refractivity contribution in [1.82, 2.24) is 10.2 Å². The number of halogens is 1. The SMILES string of the molecule is CC(=O)NCCCS(=O)(=O)OCC(C)(C)[C@@H](O)C(=O)OCCN1CCOCC1.Cl. The number of aliphatic hydroxyl groups is 1. The summed E-state index contributed by atoms with van der Waals surface area (Å²) in [4.78, 5) is 24.9. The number of aliphatic hydroxyl groups excluding tert-OH is 1. The summed E-state index contributed by atoms with van der Waals surface area (Å²) in [5, 5.41) is 12.7. The number of amides is 1. The molecule has 1 rings (SSSR count). The van der Waals surface area contributed by atoms with Crippen molar-refractivity contribution in [2.45, 2.75) is 33.3 Å². The van der Waals surface area contributed by atoms with Crippen molar-refractivity contribution < 1.29 is 36.8 Å². The minimum Gasteiger partial charge on any atom is -0.462 e. The van der Waals surface area contributed by atoms with Crippen molar-refractivity contribution in [2.24, 2.45) is 5.41 Å². The highest BCUT2D eigenvalue weighted by Crippen LogP contribution is 2.23. The monoisotopic (exact) mass is 460 g/mol. The van der Waals surface area contributed by atoms with Crippen molar-refractivity contribution in [3.63, 3.8) is 0 Å². The van der Waals surface area contributed by atoms with Gasteiger partial charge in [-0.25, -0.2) is 4.79 Å². The molecule has 0 bridgehead atoms. The molecule has 29 heavy (non-hydrogen) atoms. The quantitative estimate of drug-likeness (QED) is 0.225. The first-order valence-corrected chi connectivity index (χ1v) is 10.9. The molecule has 1 aliphatic rings. The molecule has 0 aromatic carbocycles. The Bertz CT molecular complexity index is 609. The van der Waals surface area contributed by atoms with E-state index in [9.17, 15) is 23.1 Å². The molecule has 2 N–H and O–H groups in total. The van der Waals surface area contributed by atoms with E-state index in [4.69, 9.17) is 13.7 Å². The average Bonchev–Trinajstić information content (AvgIpc) is 2.64. The van der Waals surface area contributed by atoms with Crippen LogP contribution in [-0.2, 0) is 33.4 Å². The summed E-state index contributed by atoms with van der Waals surface area (Å²) in [6, 6.07) is 0. The van der Waals surface area contributed by atoms with Crippen LogP contribution in [0, 0.1) is 5.41 Å². The minimum absolute atomic E-state index is 0. The molecule has 1 saturated heterocycles. The Labute approximate surface area is 178 Å². The number of carbonyl (C=O) groups excluding carboxylic acids is 2. The van der Waals surface area contributed by atoms with Crippen molar-refractivity contribution >= 4 is 34.4 Å². The normalized spacial score (nSPS) is 16.6. The maximum absolute atomic E-state index is 12.1. The Morgan fingerprint density at radius 2 is 1.90 bits per heavy atom. The Hall–Kier alpha value is -0.980. The molecule has 0 spiro atoms. The third kappa shape index (κ3) is 11.7. The van der Waals surface area contributed by atoms with Gasteiger partial charge in [-0.2, -0.15) is 8.42 Å². The van der Waals surface area contributed by atoms with E-state index in [1.54, 1.807) is 0 Å². The van der Waals surface area contributed by atoms with Crippen LogP contribution < -0.4 is 5.32 Å². The van der Waals surface area contributed by atoms with Gasteiger partial charge in [-0.3, -0.25) is 13.9 Å². The number of rotatable bonds is 12. The maximum Gasteiger partial charge on any atom is 0.335 e. The third-order valence-corrected chi connectivity index (χ3v) is 5.54. The number of esters is 1. The average molecular weight is 461 g/mol. The smallest absolute Gasteiger partial charge is 0.335 e. The summed E-state index contributed by atoms with van der Waals surface area (Å²) >= 11 is 0. The van der Waals surface area contributed by atoms with Crippen LogP contribution in [0.1, 0.15) is 27.2 Å². The lowest BCUT2D eigenvalue weighted by Gasteiger charge is -2.29. The standard InChI is InChI=1S/C17H32N2O8S.ClH/c1-14(20)18-5-4-12-28(23,24)27-13-17(2,3)15(21)16(22)26-11-8-19-6-9-25-10-7-19;/h15,21H,4-13H2,1-3H3,(H,18,20);1H/t15-;/m0./s1. The number of hydrogen-bond donors (Lipinski definition) is 2. The molecule has 0 saturated carbocycles. The van der Waals surface area contributed by atoms with Gasteiger partial charge < -0.3 is 19.9 Å². The Morgan fingerprint density at radius 3 is 2.48 bits per heavy atom. The first-order chi connectivity index (χ1) is 13.0. The summed E-state index contributed by atoms with van der Waals surface area (Å²) < 4.78 is 39.1. The van der Waals surface area contributed by atoms with Crippen molar-refractivity contribution in [3.05, 3.63) is 0 Å². The van der Waals surface area contributed by atoms with Crippen LogP contribution in [0.2, 0.25) is 0 Å². The van der Waals surface area contributed by atoms with Crippen LogP contribution in [-0.4, -0.2) is 94.8 Å². The second-order valence-corrected chi connectivity index (χ2v) is 9.13. The Kier molecular flexibility index (Phi) is 12.9. The molecule has 172 valence electrons. The summed E-state index contributed by atoms with van der Waals surface area (Å²) in [6.07, 6.45) is -1.32. The highest BCUT2D eigenvalue weighted by molar-refractivity contribution is 7.86. The van der Waals surface area contributed by atoms with Gasteiger partial charge in [0.25, 0.3) is 10.1 Å². The van der Waals surface area contributed by atoms with Gasteiger partial charge in [-0.15, -0.1) is 12.4 Å². The van der Waals surface area contributed by atoms with Crippen LogP contribution in [0.5, 0.6) is 0 Å². The number of ether oxygens (including phenoxy) is 2. The van der Waals surface area contributed by atoms with E-state index in [-0.39, 0.29) is 50.2 Å². The number of hydrogen-bond acceptors (Lipinski definition) is 9. The zero-order valence-corrected chi connectivity index (χ0v) is 18.9. The fourth-order valence-corrected chi connectivity index (χ4v) is 3.49. The molecule has 10 nitrogen and oxygen atoms in total. The van der Waals surface area contributed by atoms with Crippen molar-refractivity contribution in [1.29, 1.82) is 0 Å². The zero-order valence-electron chi connectivity index (χ0n) is 17.2. The van der Waals surface area contributed by atoms with Crippen molar-refractivity contribution in [2.75, 3.05) is 58.4 Å². The molecule has 0 aromatic heterocycles. The van der Waals surface area contributed by atoms with E-state index < -0.39 is 27.6 Å². The number of morpholine rings is 1. The molecule has 0 aliphatic carbocycles. The molecular formula is C17H33ClN2O8S. The van der Waals surface area contributed by atoms with Crippen LogP contribution in [0.25, 0.3) is 0 Å². The van der Waals surface area contributed by atoms with Crippen LogP contribution in [0.3, 0.4) is 0 Å². The lowest BCUT2D eigenvalue weighted by Crippen LogP contribution is -2.43. The fourth-order valence-electron chi connectivity index (χ4n) is 2.39. The predicted octanol–water partition coefficient (Wildman–Crippen LogP) is -0.457. The van der Waals surface area contributed by atoms with Crippen molar-refractivity contribution in [3.8, 4) is 0 Å². The molecule has 0 radical (unpaired) electrons. The number of nitrogens with one attached hydrogen (secondary N) is 1. The molecule has 0 unspecified atom stereocenters. The summed E-state index contributed by atoms with van der Waals surface area (Å²) in [5.41, 5.74) is -1.15. The summed E-state index contributed by atoms with van der Waals surface area (Å²) in [6.45, 7) is 7.72. The van der Waals surface area contributed by atoms with Gasteiger partial charge in [-0.05, 0) is 6.42 Å². The molecule has 12 heteroatoms. The molecular weight excluding hydrogens is 428 g/mol. The van der Waals surface area contributed by atoms with Gasteiger partial charge in [0.05, 0.1) is 25.6 Å². The van der Waals surface area contributed by atoms with E-state index in [1.807, 2.05) is 0 Å². The molecule has 1 atom stereocenters. The van der Waals surface area contributed by atoms with E-state index in [0.717, 1.165) is 13.1 Å². The summed E-state index contributed by atoms with van der Waals surface area (Å²) in [5.74, 6) is -1.33. The highest BCUT2D eigenvalue weighted by Gasteiger charge is 2.36. The summed E-state index contributed by atoms with van der Waals surface area (Å²) in [7, 11) is -3.84. The lowest BCUT2D eigenvalue weighted by molar-refractivity contribution is -0.162. The van der Waals surface area contributed by atoms with E-state index in [0.29, 0.717) is 19.8 Å². The topological polar surface area (TPSA) is 131 Å². The molecule has 1 aliphatic heterocycles. The fraction of sp³-hybridized carbons (Fsp3) is 0.882. The van der Waals surface area contributed by atoms with Gasteiger partial charge >= 0.3 is 5.97 Å². The number of carbonyl (C=O) groups is 2. The van der Waals surface area contributed by atoms with Crippen LogP contribution >= 0.6 is 12.4 Å². The minimum atomic E-state index is -3.84. The molecule has 0 aromatic rings.